The second-order valence-electron chi connectivity index (χ2n) is 6.89. The topological polar surface area (TPSA) is 66.5 Å². The summed E-state index contributed by atoms with van der Waals surface area (Å²) in [6, 6.07) is 6.87. The zero-order valence-corrected chi connectivity index (χ0v) is 14.9. The summed E-state index contributed by atoms with van der Waals surface area (Å²) in [4.78, 5) is 12.3. The van der Waals surface area contributed by atoms with Crippen molar-refractivity contribution in [2.75, 3.05) is 13.1 Å². The number of carbonyl (C=O) groups excluding carboxylic acids is 1. The van der Waals surface area contributed by atoms with Crippen molar-refractivity contribution in [3.8, 4) is 0 Å². The van der Waals surface area contributed by atoms with Crippen LogP contribution in [0.4, 0.5) is 0 Å². The predicted octanol–water partition coefficient (Wildman–Crippen LogP) is 2.67. The van der Waals surface area contributed by atoms with Gasteiger partial charge in [0, 0.05) is 26.1 Å². The van der Waals surface area contributed by atoms with E-state index in [2.05, 4.69) is 5.32 Å². The van der Waals surface area contributed by atoms with Gasteiger partial charge in [-0.3, -0.25) is 4.79 Å². The predicted molar refractivity (Wildman–Crippen MR) is 92.9 cm³/mol. The molecule has 1 aromatic rings. The molecule has 0 spiro atoms. The lowest BCUT2D eigenvalue weighted by Gasteiger charge is -2.15. The minimum absolute atomic E-state index is 0.0932. The minimum Gasteiger partial charge on any atom is -0.352 e. The lowest BCUT2D eigenvalue weighted by atomic mass is 10.0. The van der Waals surface area contributed by atoms with Gasteiger partial charge in [0.25, 0.3) is 0 Å². The van der Waals surface area contributed by atoms with Crippen molar-refractivity contribution in [3.05, 3.63) is 29.8 Å². The van der Waals surface area contributed by atoms with Gasteiger partial charge in [-0.15, -0.1) is 0 Å². The van der Waals surface area contributed by atoms with Crippen LogP contribution in [0.3, 0.4) is 0 Å². The maximum Gasteiger partial charge on any atom is 0.243 e. The molecule has 6 heteroatoms. The maximum atomic E-state index is 12.5. The van der Waals surface area contributed by atoms with Crippen molar-refractivity contribution in [1.82, 2.24) is 9.62 Å². The highest BCUT2D eigenvalue weighted by Gasteiger charge is 2.26. The van der Waals surface area contributed by atoms with E-state index in [0.717, 1.165) is 31.2 Å². The Morgan fingerprint density at radius 3 is 2.29 bits per heavy atom. The monoisotopic (exact) mass is 350 g/mol. The van der Waals surface area contributed by atoms with Gasteiger partial charge in [0.05, 0.1) is 4.90 Å². The van der Waals surface area contributed by atoms with E-state index in [-0.39, 0.29) is 5.91 Å². The van der Waals surface area contributed by atoms with Gasteiger partial charge < -0.3 is 5.32 Å². The molecule has 2 fully saturated rings. The van der Waals surface area contributed by atoms with Gasteiger partial charge in [0.15, 0.2) is 0 Å². The molecule has 2 aliphatic rings. The van der Waals surface area contributed by atoms with Crippen LogP contribution < -0.4 is 5.32 Å². The van der Waals surface area contributed by atoms with Crippen LogP contribution in [0.5, 0.6) is 0 Å². The van der Waals surface area contributed by atoms with Gasteiger partial charge in [-0.25, -0.2) is 8.42 Å². The van der Waals surface area contributed by atoms with Gasteiger partial charge >= 0.3 is 0 Å². The van der Waals surface area contributed by atoms with E-state index in [1.807, 2.05) is 0 Å². The third-order valence-electron chi connectivity index (χ3n) is 5.06. The molecule has 0 radical (unpaired) electrons. The Balaban J connectivity index is 1.53. The SMILES string of the molecule is O=C(CC1CCCC1)NCc1ccc(S(=O)(=O)N2CCCC2)cc1. The molecule has 1 saturated carbocycles. The Labute approximate surface area is 144 Å². The Kier molecular flexibility index (Phi) is 5.56. The number of nitrogens with one attached hydrogen (secondary N) is 1. The normalized spacial score (nSPS) is 19.7. The first kappa shape index (κ1) is 17.4. The van der Waals surface area contributed by atoms with E-state index >= 15 is 0 Å². The lowest BCUT2D eigenvalue weighted by molar-refractivity contribution is -0.122. The van der Waals surface area contributed by atoms with Crippen molar-refractivity contribution in [3.63, 3.8) is 0 Å². The van der Waals surface area contributed by atoms with Crippen LogP contribution in [0.25, 0.3) is 0 Å². The second-order valence-corrected chi connectivity index (χ2v) is 8.82. The van der Waals surface area contributed by atoms with Crippen LogP contribution >= 0.6 is 0 Å². The van der Waals surface area contributed by atoms with E-state index in [9.17, 15) is 13.2 Å². The smallest absolute Gasteiger partial charge is 0.243 e. The molecule has 1 N–H and O–H groups in total. The molecule has 132 valence electrons. The molecule has 1 amide bonds. The average Bonchev–Trinajstić information content (AvgIpc) is 3.27. The Morgan fingerprint density at radius 1 is 1.04 bits per heavy atom. The van der Waals surface area contributed by atoms with Gasteiger partial charge in [0.1, 0.15) is 0 Å². The van der Waals surface area contributed by atoms with Crippen molar-refractivity contribution >= 4 is 15.9 Å². The minimum atomic E-state index is -3.36. The summed E-state index contributed by atoms with van der Waals surface area (Å²) in [6.45, 7) is 1.68. The number of nitrogens with zero attached hydrogens (tertiary/aromatic N) is 1. The fraction of sp³-hybridized carbons (Fsp3) is 0.611. The fourth-order valence-electron chi connectivity index (χ4n) is 3.61. The molecule has 0 bridgehead atoms. The van der Waals surface area contributed by atoms with E-state index < -0.39 is 10.0 Å². The molecule has 3 rings (SSSR count). The van der Waals surface area contributed by atoms with E-state index in [4.69, 9.17) is 0 Å². The molecular weight excluding hydrogens is 324 g/mol. The van der Waals surface area contributed by atoms with Gasteiger partial charge in [-0.1, -0.05) is 25.0 Å². The summed E-state index contributed by atoms with van der Waals surface area (Å²) in [6.07, 6.45) is 7.29. The summed E-state index contributed by atoms with van der Waals surface area (Å²) in [5.41, 5.74) is 0.926. The fourth-order valence-corrected chi connectivity index (χ4v) is 5.12. The maximum absolute atomic E-state index is 12.5. The second kappa shape index (κ2) is 7.66. The molecule has 1 aliphatic heterocycles. The third-order valence-corrected chi connectivity index (χ3v) is 6.98. The van der Waals surface area contributed by atoms with Crippen molar-refractivity contribution < 1.29 is 13.2 Å². The first-order valence-electron chi connectivity index (χ1n) is 8.91. The molecule has 1 aromatic carbocycles. The molecule has 1 heterocycles. The highest BCUT2D eigenvalue weighted by atomic mass is 32.2. The van der Waals surface area contributed by atoms with Crippen molar-refractivity contribution in [2.24, 2.45) is 5.92 Å². The third kappa shape index (κ3) is 4.16. The van der Waals surface area contributed by atoms with Gasteiger partial charge in [-0.05, 0) is 49.3 Å². The molecule has 5 nitrogen and oxygen atoms in total. The number of sulfonamides is 1. The number of hydrogen-bond donors (Lipinski definition) is 1. The van der Waals surface area contributed by atoms with Crippen LogP contribution in [-0.2, 0) is 21.4 Å². The molecular formula is C18H26N2O3S. The van der Waals surface area contributed by atoms with Crippen LogP contribution in [0.2, 0.25) is 0 Å². The van der Waals surface area contributed by atoms with Crippen LogP contribution in [0.15, 0.2) is 29.2 Å². The van der Waals surface area contributed by atoms with Crippen molar-refractivity contribution in [1.29, 1.82) is 0 Å². The zero-order chi connectivity index (χ0) is 17.0. The Hall–Kier alpha value is -1.40. The number of rotatable bonds is 6. The van der Waals surface area contributed by atoms with Crippen LogP contribution in [-0.4, -0.2) is 31.7 Å². The highest BCUT2D eigenvalue weighted by molar-refractivity contribution is 7.89. The summed E-state index contributed by atoms with van der Waals surface area (Å²) < 4.78 is 26.5. The molecule has 1 aliphatic carbocycles. The quantitative estimate of drug-likeness (QED) is 0.858. The lowest BCUT2D eigenvalue weighted by Crippen LogP contribution is -2.28. The average molecular weight is 350 g/mol. The molecule has 0 unspecified atom stereocenters. The number of carbonyl (C=O) groups is 1. The van der Waals surface area contributed by atoms with Crippen molar-refractivity contribution in [2.45, 2.75) is 56.4 Å². The first-order chi connectivity index (χ1) is 11.6. The summed E-state index contributed by atoms with van der Waals surface area (Å²) >= 11 is 0. The Bertz CT molecular complexity index is 658. The number of hydrogen-bond acceptors (Lipinski definition) is 3. The molecule has 0 aromatic heterocycles. The van der Waals surface area contributed by atoms with E-state index in [1.54, 1.807) is 28.6 Å². The number of benzene rings is 1. The molecule has 0 atom stereocenters. The van der Waals surface area contributed by atoms with Gasteiger partial charge in [-0.2, -0.15) is 4.31 Å². The zero-order valence-electron chi connectivity index (χ0n) is 14.0. The van der Waals surface area contributed by atoms with Crippen LogP contribution in [0.1, 0.15) is 50.5 Å². The standard InChI is InChI=1S/C18H26N2O3S/c21-18(13-15-5-1-2-6-15)19-14-16-7-9-17(10-8-16)24(22,23)20-11-3-4-12-20/h7-10,15H,1-6,11-14H2,(H,19,21). The van der Waals surface area contributed by atoms with Gasteiger partial charge in [0.2, 0.25) is 15.9 Å². The largest absolute Gasteiger partial charge is 0.352 e. The first-order valence-corrected chi connectivity index (χ1v) is 10.4. The Morgan fingerprint density at radius 2 is 1.67 bits per heavy atom. The highest BCUT2D eigenvalue weighted by Crippen LogP contribution is 2.27. The number of amides is 1. The summed E-state index contributed by atoms with van der Waals surface area (Å²) in [7, 11) is -3.36. The van der Waals surface area contributed by atoms with E-state index in [0.29, 0.717) is 36.9 Å². The van der Waals surface area contributed by atoms with E-state index in [1.165, 1.54) is 12.8 Å². The summed E-state index contributed by atoms with van der Waals surface area (Å²) in [5, 5.41) is 2.94. The van der Waals surface area contributed by atoms with Crippen LogP contribution in [0, 0.1) is 5.92 Å². The molecule has 1 saturated heterocycles. The molecule has 24 heavy (non-hydrogen) atoms. The summed E-state index contributed by atoms with van der Waals surface area (Å²) in [5.74, 6) is 0.633.